The molecule has 0 aliphatic carbocycles. The number of rotatable bonds is 4. The molecular weight excluding hydrogens is 190 g/mol. The van der Waals surface area contributed by atoms with E-state index in [1.54, 1.807) is 4.52 Å². The third kappa shape index (κ3) is 1.91. The second-order valence-electron chi connectivity index (χ2n) is 3.39. The first kappa shape index (κ1) is 9.89. The molecule has 15 heavy (non-hydrogen) atoms. The Morgan fingerprint density at radius 1 is 1.27 bits per heavy atom. The van der Waals surface area contributed by atoms with Crippen molar-refractivity contribution in [1.82, 2.24) is 19.8 Å². The van der Waals surface area contributed by atoms with Crippen LogP contribution in [0, 0.1) is 0 Å². The van der Waals surface area contributed by atoms with Gasteiger partial charge in [0.2, 0.25) is 0 Å². The van der Waals surface area contributed by atoms with Crippen LogP contribution in [0.3, 0.4) is 0 Å². The van der Waals surface area contributed by atoms with Gasteiger partial charge in [-0.15, -0.1) is 15.3 Å². The Hall–Kier alpha value is -1.65. The van der Waals surface area contributed by atoms with Crippen molar-refractivity contribution in [3.63, 3.8) is 0 Å². The highest BCUT2D eigenvalue weighted by Gasteiger charge is 2.04. The van der Waals surface area contributed by atoms with Crippen LogP contribution in [0.1, 0.15) is 26.1 Å². The van der Waals surface area contributed by atoms with E-state index in [0.29, 0.717) is 0 Å². The molecule has 2 heterocycles. The SMILES string of the molecule is CCCNc1ccc2nnc(CC)n2n1. The maximum atomic E-state index is 4.42. The number of nitrogens with one attached hydrogen (secondary N) is 1. The fourth-order valence-corrected chi connectivity index (χ4v) is 1.40. The fourth-order valence-electron chi connectivity index (χ4n) is 1.40. The highest BCUT2D eigenvalue weighted by Crippen LogP contribution is 2.07. The summed E-state index contributed by atoms with van der Waals surface area (Å²) in [4.78, 5) is 0. The van der Waals surface area contributed by atoms with Crippen molar-refractivity contribution in [2.45, 2.75) is 26.7 Å². The summed E-state index contributed by atoms with van der Waals surface area (Å²) in [6, 6.07) is 3.86. The van der Waals surface area contributed by atoms with Crippen LogP contribution in [0.25, 0.3) is 5.65 Å². The maximum absolute atomic E-state index is 4.42. The molecule has 2 aromatic heterocycles. The van der Waals surface area contributed by atoms with Crippen molar-refractivity contribution in [3.05, 3.63) is 18.0 Å². The lowest BCUT2D eigenvalue weighted by atomic mass is 10.4. The summed E-state index contributed by atoms with van der Waals surface area (Å²) >= 11 is 0. The Bertz CT molecular complexity index is 448. The van der Waals surface area contributed by atoms with Crippen molar-refractivity contribution in [3.8, 4) is 0 Å². The third-order valence-electron chi connectivity index (χ3n) is 2.20. The molecule has 0 spiro atoms. The van der Waals surface area contributed by atoms with Crippen LogP contribution in [-0.4, -0.2) is 26.4 Å². The molecule has 5 heteroatoms. The molecule has 0 unspecified atom stereocenters. The van der Waals surface area contributed by atoms with Crippen molar-refractivity contribution in [2.75, 3.05) is 11.9 Å². The normalized spacial score (nSPS) is 10.8. The molecule has 0 fully saturated rings. The van der Waals surface area contributed by atoms with Gasteiger partial charge in [-0.1, -0.05) is 13.8 Å². The molecule has 2 aromatic rings. The predicted octanol–water partition coefficient (Wildman–Crippen LogP) is 1.51. The van der Waals surface area contributed by atoms with E-state index in [0.717, 1.165) is 36.7 Å². The Morgan fingerprint density at radius 2 is 2.13 bits per heavy atom. The van der Waals surface area contributed by atoms with Crippen LogP contribution in [0.4, 0.5) is 5.82 Å². The molecule has 1 N–H and O–H groups in total. The van der Waals surface area contributed by atoms with Gasteiger partial charge in [0.05, 0.1) is 0 Å². The first-order chi connectivity index (χ1) is 7.35. The van der Waals surface area contributed by atoms with E-state index in [1.807, 2.05) is 19.1 Å². The van der Waals surface area contributed by atoms with Gasteiger partial charge in [0.15, 0.2) is 11.5 Å². The zero-order valence-electron chi connectivity index (χ0n) is 9.06. The molecule has 0 saturated heterocycles. The quantitative estimate of drug-likeness (QED) is 0.822. The van der Waals surface area contributed by atoms with E-state index >= 15 is 0 Å². The second kappa shape index (κ2) is 4.25. The average molecular weight is 205 g/mol. The van der Waals surface area contributed by atoms with Crippen molar-refractivity contribution < 1.29 is 0 Å². The largest absolute Gasteiger partial charge is 0.369 e. The molecule has 2 rings (SSSR count). The van der Waals surface area contributed by atoms with Gasteiger partial charge < -0.3 is 5.32 Å². The van der Waals surface area contributed by atoms with Crippen molar-refractivity contribution in [1.29, 1.82) is 0 Å². The highest BCUT2D eigenvalue weighted by molar-refractivity contribution is 5.43. The van der Waals surface area contributed by atoms with E-state index in [-0.39, 0.29) is 0 Å². The number of hydrogen-bond donors (Lipinski definition) is 1. The Balaban J connectivity index is 2.35. The summed E-state index contributed by atoms with van der Waals surface area (Å²) in [6.07, 6.45) is 1.92. The molecule has 0 aliphatic heterocycles. The molecular formula is C10H15N5. The Labute approximate surface area is 88.5 Å². The Kier molecular flexibility index (Phi) is 2.80. The van der Waals surface area contributed by atoms with Gasteiger partial charge in [-0.05, 0) is 18.6 Å². The zero-order chi connectivity index (χ0) is 10.7. The summed E-state index contributed by atoms with van der Waals surface area (Å²) < 4.78 is 1.79. The van der Waals surface area contributed by atoms with Gasteiger partial charge in [-0.3, -0.25) is 0 Å². The lowest BCUT2D eigenvalue weighted by molar-refractivity contribution is 0.820. The number of nitrogens with zero attached hydrogens (tertiary/aromatic N) is 4. The molecule has 5 nitrogen and oxygen atoms in total. The van der Waals surface area contributed by atoms with E-state index in [1.165, 1.54) is 0 Å². The monoisotopic (exact) mass is 205 g/mol. The highest BCUT2D eigenvalue weighted by atomic mass is 15.4. The molecule has 0 aliphatic rings. The van der Waals surface area contributed by atoms with E-state index in [4.69, 9.17) is 0 Å². The number of fused-ring (bicyclic) bond motifs is 1. The van der Waals surface area contributed by atoms with E-state index in [2.05, 4.69) is 27.5 Å². The summed E-state index contributed by atoms with van der Waals surface area (Å²) in [6.45, 7) is 5.11. The van der Waals surface area contributed by atoms with Gasteiger partial charge in [0, 0.05) is 13.0 Å². The summed E-state index contributed by atoms with van der Waals surface area (Å²) in [5.74, 6) is 1.77. The predicted molar refractivity (Wildman–Crippen MR) is 58.9 cm³/mol. The Morgan fingerprint density at radius 3 is 2.87 bits per heavy atom. The van der Waals surface area contributed by atoms with Crippen molar-refractivity contribution >= 4 is 11.5 Å². The van der Waals surface area contributed by atoms with Crippen LogP contribution in [0.2, 0.25) is 0 Å². The van der Waals surface area contributed by atoms with Gasteiger partial charge >= 0.3 is 0 Å². The third-order valence-corrected chi connectivity index (χ3v) is 2.20. The van der Waals surface area contributed by atoms with E-state index in [9.17, 15) is 0 Å². The minimum atomic E-state index is 0.800. The molecule has 0 radical (unpaired) electrons. The standard InChI is InChI=1S/C10H15N5/c1-3-7-11-8-5-6-10-13-12-9(4-2)15(10)14-8/h5-6H,3-4,7H2,1-2H3,(H,11,14). The summed E-state index contributed by atoms with van der Waals surface area (Å²) in [7, 11) is 0. The maximum Gasteiger partial charge on any atom is 0.178 e. The van der Waals surface area contributed by atoms with Crippen LogP contribution in [-0.2, 0) is 6.42 Å². The minimum Gasteiger partial charge on any atom is -0.369 e. The average Bonchev–Trinajstić information content (AvgIpc) is 2.68. The second-order valence-corrected chi connectivity index (χ2v) is 3.39. The zero-order valence-corrected chi connectivity index (χ0v) is 9.06. The summed E-state index contributed by atoms with van der Waals surface area (Å²) in [5, 5.41) is 15.8. The molecule has 0 saturated carbocycles. The number of aryl methyl sites for hydroxylation is 1. The topological polar surface area (TPSA) is 55.1 Å². The number of anilines is 1. The molecule has 0 amide bonds. The van der Waals surface area contributed by atoms with Gasteiger partial charge in [0.25, 0.3) is 0 Å². The van der Waals surface area contributed by atoms with Crippen LogP contribution in [0.5, 0.6) is 0 Å². The van der Waals surface area contributed by atoms with Gasteiger partial charge in [0.1, 0.15) is 5.82 Å². The smallest absolute Gasteiger partial charge is 0.178 e. The first-order valence-electron chi connectivity index (χ1n) is 5.30. The van der Waals surface area contributed by atoms with Crippen LogP contribution in [0.15, 0.2) is 12.1 Å². The molecule has 0 atom stereocenters. The molecule has 0 bridgehead atoms. The van der Waals surface area contributed by atoms with Gasteiger partial charge in [-0.25, -0.2) is 0 Å². The van der Waals surface area contributed by atoms with Crippen molar-refractivity contribution in [2.24, 2.45) is 0 Å². The van der Waals surface area contributed by atoms with Crippen LogP contribution < -0.4 is 5.32 Å². The lowest BCUT2D eigenvalue weighted by Crippen LogP contribution is -2.05. The lowest BCUT2D eigenvalue weighted by Gasteiger charge is -2.03. The minimum absolute atomic E-state index is 0.800. The fraction of sp³-hybridized carbons (Fsp3) is 0.500. The molecule has 0 aromatic carbocycles. The van der Waals surface area contributed by atoms with Crippen LogP contribution >= 0.6 is 0 Å². The first-order valence-corrected chi connectivity index (χ1v) is 5.30. The molecule has 80 valence electrons. The van der Waals surface area contributed by atoms with Gasteiger partial charge in [-0.2, -0.15) is 4.52 Å². The summed E-state index contributed by atoms with van der Waals surface area (Å²) in [5.41, 5.74) is 0.800. The number of aromatic nitrogens is 4. The number of hydrogen-bond acceptors (Lipinski definition) is 4. The van der Waals surface area contributed by atoms with E-state index < -0.39 is 0 Å².